The van der Waals surface area contributed by atoms with Crippen LogP contribution in [0.4, 0.5) is 5.82 Å². The van der Waals surface area contributed by atoms with Crippen LogP contribution < -0.4 is 5.32 Å². The number of nitrogens with one attached hydrogen (secondary N) is 1. The number of hydrogen-bond acceptors (Lipinski definition) is 5. The maximum absolute atomic E-state index is 6.14. The Labute approximate surface area is 122 Å². The molecule has 0 fully saturated rings. The van der Waals surface area contributed by atoms with Gasteiger partial charge in [-0.2, -0.15) is 0 Å². The van der Waals surface area contributed by atoms with Crippen LogP contribution in [0.25, 0.3) is 0 Å². The third kappa shape index (κ3) is 3.16. The Bertz CT molecular complexity index is 574. The molecular formula is C13H15ClN4S. The van der Waals surface area contributed by atoms with Gasteiger partial charge in [0.2, 0.25) is 0 Å². The minimum Gasteiger partial charge on any atom is -0.373 e. The smallest absolute Gasteiger partial charge is 0.133 e. The highest BCUT2D eigenvalue weighted by Crippen LogP contribution is 2.36. The Morgan fingerprint density at radius 2 is 2.00 bits per heavy atom. The second kappa shape index (κ2) is 6.21. The SMILES string of the molecule is CNc1ncnc(Sc2ncccc2Cl)c1C(C)C. The van der Waals surface area contributed by atoms with E-state index in [4.69, 9.17) is 11.6 Å². The molecule has 2 heterocycles. The van der Waals surface area contributed by atoms with Crippen LogP contribution in [0.5, 0.6) is 0 Å². The van der Waals surface area contributed by atoms with Crippen molar-refractivity contribution in [1.82, 2.24) is 15.0 Å². The van der Waals surface area contributed by atoms with E-state index in [-0.39, 0.29) is 0 Å². The van der Waals surface area contributed by atoms with Gasteiger partial charge in [0.1, 0.15) is 22.2 Å². The van der Waals surface area contributed by atoms with E-state index in [1.165, 1.54) is 11.8 Å². The molecule has 0 spiro atoms. The highest BCUT2D eigenvalue weighted by Gasteiger charge is 2.16. The highest BCUT2D eigenvalue weighted by molar-refractivity contribution is 7.99. The second-order valence-corrected chi connectivity index (χ2v) is 5.62. The van der Waals surface area contributed by atoms with Crippen LogP contribution in [0, 0.1) is 0 Å². The Hall–Kier alpha value is -1.33. The third-order valence-electron chi connectivity index (χ3n) is 2.58. The molecule has 6 heteroatoms. The molecule has 2 aromatic heterocycles. The Morgan fingerprint density at radius 1 is 1.21 bits per heavy atom. The average molecular weight is 295 g/mol. The van der Waals surface area contributed by atoms with Crippen molar-refractivity contribution in [2.24, 2.45) is 0 Å². The maximum Gasteiger partial charge on any atom is 0.133 e. The van der Waals surface area contributed by atoms with Crippen molar-refractivity contribution in [3.8, 4) is 0 Å². The summed E-state index contributed by atoms with van der Waals surface area (Å²) in [6, 6.07) is 3.64. The lowest BCUT2D eigenvalue weighted by molar-refractivity contribution is 0.805. The second-order valence-electron chi connectivity index (χ2n) is 4.24. The van der Waals surface area contributed by atoms with E-state index in [2.05, 4.69) is 34.1 Å². The zero-order chi connectivity index (χ0) is 13.8. The summed E-state index contributed by atoms with van der Waals surface area (Å²) in [4.78, 5) is 12.9. The fourth-order valence-corrected chi connectivity index (χ4v) is 2.96. The Kier molecular flexibility index (Phi) is 4.61. The zero-order valence-electron chi connectivity index (χ0n) is 11.0. The van der Waals surface area contributed by atoms with Gasteiger partial charge < -0.3 is 5.32 Å². The molecule has 0 atom stereocenters. The first-order valence-electron chi connectivity index (χ1n) is 5.94. The van der Waals surface area contributed by atoms with Gasteiger partial charge in [0, 0.05) is 18.8 Å². The van der Waals surface area contributed by atoms with Crippen molar-refractivity contribution in [2.75, 3.05) is 12.4 Å². The quantitative estimate of drug-likeness (QED) is 0.868. The van der Waals surface area contributed by atoms with E-state index in [0.29, 0.717) is 10.9 Å². The van der Waals surface area contributed by atoms with Crippen LogP contribution in [0.1, 0.15) is 25.3 Å². The number of hydrogen-bond donors (Lipinski definition) is 1. The summed E-state index contributed by atoms with van der Waals surface area (Å²) in [5.41, 5.74) is 1.08. The lowest BCUT2D eigenvalue weighted by Crippen LogP contribution is -2.04. The summed E-state index contributed by atoms with van der Waals surface area (Å²) >= 11 is 7.60. The lowest BCUT2D eigenvalue weighted by atomic mass is 10.1. The van der Waals surface area contributed by atoms with Gasteiger partial charge in [0.25, 0.3) is 0 Å². The summed E-state index contributed by atoms with van der Waals surface area (Å²) < 4.78 is 0. The van der Waals surface area contributed by atoms with Gasteiger partial charge in [-0.1, -0.05) is 25.4 Å². The largest absolute Gasteiger partial charge is 0.373 e. The lowest BCUT2D eigenvalue weighted by Gasteiger charge is -2.14. The number of nitrogens with zero attached hydrogens (tertiary/aromatic N) is 3. The molecule has 100 valence electrons. The van der Waals surface area contributed by atoms with Crippen LogP contribution in [-0.2, 0) is 0 Å². The van der Waals surface area contributed by atoms with Gasteiger partial charge in [-0.25, -0.2) is 15.0 Å². The first-order valence-corrected chi connectivity index (χ1v) is 7.14. The Morgan fingerprint density at radius 3 is 2.63 bits per heavy atom. The number of rotatable bonds is 4. The summed E-state index contributed by atoms with van der Waals surface area (Å²) in [5, 5.41) is 5.37. The normalized spacial score (nSPS) is 10.8. The zero-order valence-corrected chi connectivity index (χ0v) is 12.6. The molecule has 0 saturated heterocycles. The number of pyridine rings is 1. The fraction of sp³-hybridized carbons (Fsp3) is 0.308. The molecule has 0 aromatic carbocycles. The molecule has 0 aliphatic heterocycles. The van der Waals surface area contributed by atoms with Crippen LogP contribution >= 0.6 is 23.4 Å². The van der Waals surface area contributed by atoms with E-state index in [9.17, 15) is 0 Å². The van der Waals surface area contributed by atoms with E-state index in [1.807, 2.05) is 19.2 Å². The molecular weight excluding hydrogens is 280 g/mol. The van der Waals surface area contributed by atoms with Gasteiger partial charge in [-0.05, 0) is 29.8 Å². The van der Waals surface area contributed by atoms with Gasteiger partial charge in [0.15, 0.2) is 0 Å². The molecule has 0 amide bonds. The minimum atomic E-state index is 0.314. The summed E-state index contributed by atoms with van der Waals surface area (Å²) in [6.07, 6.45) is 3.28. The predicted molar refractivity (Wildman–Crippen MR) is 79.0 cm³/mol. The standard InChI is InChI=1S/C13H15ClN4S/c1-8(2)10-11(15-3)17-7-18-13(10)19-12-9(14)5-4-6-16-12/h4-8H,1-3H3,(H,15,17,18). The topological polar surface area (TPSA) is 50.7 Å². The van der Waals surface area contributed by atoms with Crippen LogP contribution in [-0.4, -0.2) is 22.0 Å². The summed E-state index contributed by atoms with van der Waals surface area (Å²) in [7, 11) is 1.86. The van der Waals surface area contributed by atoms with E-state index in [1.54, 1.807) is 12.5 Å². The minimum absolute atomic E-state index is 0.314. The monoisotopic (exact) mass is 294 g/mol. The van der Waals surface area contributed by atoms with Gasteiger partial charge in [-0.15, -0.1) is 0 Å². The molecule has 0 bridgehead atoms. The first-order chi connectivity index (χ1) is 9.13. The molecule has 2 aromatic rings. The van der Waals surface area contributed by atoms with Crippen molar-refractivity contribution < 1.29 is 0 Å². The summed E-state index contributed by atoms with van der Waals surface area (Å²) in [6.45, 7) is 4.23. The molecule has 0 aliphatic rings. The van der Waals surface area contributed by atoms with Crippen molar-refractivity contribution >= 4 is 29.2 Å². The predicted octanol–water partition coefficient (Wildman–Crippen LogP) is 3.84. The molecule has 19 heavy (non-hydrogen) atoms. The first kappa shape index (κ1) is 14.1. The summed E-state index contributed by atoms with van der Waals surface area (Å²) in [5.74, 6) is 1.16. The average Bonchev–Trinajstić information content (AvgIpc) is 2.40. The maximum atomic E-state index is 6.14. The molecule has 4 nitrogen and oxygen atoms in total. The molecule has 0 radical (unpaired) electrons. The molecule has 2 rings (SSSR count). The molecule has 1 N–H and O–H groups in total. The number of halogens is 1. The highest BCUT2D eigenvalue weighted by atomic mass is 35.5. The van der Waals surface area contributed by atoms with Gasteiger partial charge >= 0.3 is 0 Å². The van der Waals surface area contributed by atoms with Crippen molar-refractivity contribution in [1.29, 1.82) is 0 Å². The van der Waals surface area contributed by atoms with Gasteiger partial charge in [0.05, 0.1) is 5.02 Å². The number of aromatic nitrogens is 3. The van der Waals surface area contributed by atoms with E-state index < -0.39 is 0 Å². The van der Waals surface area contributed by atoms with Crippen molar-refractivity contribution in [2.45, 2.75) is 29.8 Å². The van der Waals surface area contributed by atoms with E-state index in [0.717, 1.165) is 21.4 Å². The van der Waals surface area contributed by atoms with Crippen LogP contribution in [0.15, 0.2) is 34.7 Å². The van der Waals surface area contributed by atoms with Crippen LogP contribution in [0.3, 0.4) is 0 Å². The van der Waals surface area contributed by atoms with Crippen molar-refractivity contribution in [3.05, 3.63) is 35.2 Å². The molecule has 0 saturated carbocycles. The van der Waals surface area contributed by atoms with E-state index >= 15 is 0 Å². The fourth-order valence-electron chi connectivity index (χ4n) is 1.72. The Balaban J connectivity index is 2.43. The molecule has 0 unspecified atom stereocenters. The van der Waals surface area contributed by atoms with Crippen LogP contribution in [0.2, 0.25) is 5.02 Å². The molecule has 0 aliphatic carbocycles. The van der Waals surface area contributed by atoms with Gasteiger partial charge in [-0.3, -0.25) is 0 Å². The number of anilines is 1. The van der Waals surface area contributed by atoms with Crippen molar-refractivity contribution in [3.63, 3.8) is 0 Å². The third-order valence-corrected chi connectivity index (χ3v) is 4.03.